The largest absolute Gasteiger partial charge is 0.481 e. The first kappa shape index (κ1) is 13.3. The van der Waals surface area contributed by atoms with E-state index in [9.17, 15) is 0 Å². The van der Waals surface area contributed by atoms with Crippen LogP contribution in [0.2, 0.25) is 0 Å². The molecule has 110 valence electrons. The van der Waals surface area contributed by atoms with E-state index in [-0.39, 0.29) is 5.41 Å². The van der Waals surface area contributed by atoms with Gasteiger partial charge in [-0.25, -0.2) is 9.55 Å². The van der Waals surface area contributed by atoms with Crippen molar-refractivity contribution in [2.75, 3.05) is 7.11 Å². The van der Waals surface area contributed by atoms with Crippen molar-refractivity contribution in [1.82, 2.24) is 4.98 Å². The summed E-state index contributed by atoms with van der Waals surface area (Å²) in [5.41, 5.74) is 6.35. The van der Waals surface area contributed by atoms with Crippen molar-refractivity contribution in [3.05, 3.63) is 53.9 Å². The number of rotatable bonds is 1. The Morgan fingerprint density at radius 3 is 2.68 bits per heavy atom. The molecule has 0 bridgehead atoms. The molecule has 3 aromatic rings. The van der Waals surface area contributed by atoms with E-state index in [4.69, 9.17) is 4.74 Å². The lowest BCUT2D eigenvalue weighted by atomic mass is 9.83. The average molecular weight is 291 g/mol. The highest BCUT2D eigenvalue weighted by Gasteiger charge is 2.39. The highest BCUT2D eigenvalue weighted by molar-refractivity contribution is 5.99. The van der Waals surface area contributed by atoms with Gasteiger partial charge in [0.15, 0.2) is 6.20 Å². The Morgan fingerprint density at radius 1 is 1.14 bits per heavy atom. The summed E-state index contributed by atoms with van der Waals surface area (Å²) in [4.78, 5) is 4.42. The third kappa shape index (κ3) is 1.56. The Kier molecular flexibility index (Phi) is 2.59. The van der Waals surface area contributed by atoms with E-state index < -0.39 is 0 Å². The maximum absolute atomic E-state index is 5.34. The normalized spacial score (nSPS) is 14.7. The van der Waals surface area contributed by atoms with Gasteiger partial charge in [-0.05, 0) is 17.2 Å². The maximum Gasteiger partial charge on any atom is 0.213 e. The van der Waals surface area contributed by atoms with E-state index in [1.807, 2.05) is 6.20 Å². The van der Waals surface area contributed by atoms with Crippen LogP contribution in [0.1, 0.15) is 25.0 Å². The molecule has 1 aliphatic carbocycles. The van der Waals surface area contributed by atoms with E-state index >= 15 is 0 Å². The predicted molar refractivity (Wildman–Crippen MR) is 87.0 cm³/mol. The van der Waals surface area contributed by atoms with Gasteiger partial charge in [-0.2, -0.15) is 0 Å². The second-order valence-corrected chi connectivity index (χ2v) is 6.44. The van der Waals surface area contributed by atoms with E-state index in [1.54, 1.807) is 7.11 Å². The van der Waals surface area contributed by atoms with Gasteiger partial charge in [-0.3, -0.25) is 0 Å². The Morgan fingerprint density at radius 2 is 1.91 bits per heavy atom. The lowest BCUT2D eigenvalue weighted by Gasteiger charge is -2.19. The van der Waals surface area contributed by atoms with Gasteiger partial charge in [-0.1, -0.05) is 26.0 Å². The predicted octanol–water partition coefficient (Wildman–Crippen LogP) is 3.37. The molecule has 3 heteroatoms. The first-order chi connectivity index (χ1) is 10.5. The molecule has 0 radical (unpaired) electrons. The molecule has 0 spiro atoms. The van der Waals surface area contributed by atoms with Gasteiger partial charge in [0.1, 0.15) is 7.05 Å². The number of hydrogen-bond donors (Lipinski definition) is 0. The van der Waals surface area contributed by atoms with Crippen molar-refractivity contribution in [3.8, 4) is 17.0 Å². The standard InChI is InChI=1S/C19H19N2O/c1-19(2)14-10-20-17(22-4)9-13(14)18-12-7-5-6-8-16(12)21(3)11-15(18)19/h5-11H,1-4H3/q+1. The molecule has 1 aliphatic rings. The zero-order chi connectivity index (χ0) is 15.5. The van der Waals surface area contributed by atoms with Crippen LogP contribution in [-0.2, 0) is 12.5 Å². The SMILES string of the molecule is COc1cc2c(cn1)C(C)(C)c1c[n+](C)c3ccccc3c1-2. The third-order valence-electron chi connectivity index (χ3n) is 4.85. The van der Waals surface area contributed by atoms with Crippen LogP contribution in [0.3, 0.4) is 0 Å². The fourth-order valence-electron chi connectivity index (χ4n) is 3.63. The van der Waals surface area contributed by atoms with Crippen molar-refractivity contribution in [1.29, 1.82) is 0 Å². The Balaban J connectivity index is 2.19. The molecular formula is C19H19N2O+. The van der Waals surface area contributed by atoms with Gasteiger partial charge in [0.05, 0.1) is 12.5 Å². The minimum absolute atomic E-state index is 0.0499. The number of aromatic nitrogens is 2. The summed E-state index contributed by atoms with van der Waals surface area (Å²) in [5.74, 6) is 0.666. The summed E-state index contributed by atoms with van der Waals surface area (Å²) < 4.78 is 7.56. The molecule has 0 aliphatic heterocycles. The van der Waals surface area contributed by atoms with Gasteiger partial charge in [0, 0.05) is 34.9 Å². The average Bonchev–Trinajstić information content (AvgIpc) is 2.75. The van der Waals surface area contributed by atoms with Crippen molar-refractivity contribution in [2.24, 2.45) is 7.05 Å². The highest BCUT2D eigenvalue weighted by atomic mass is 16.5. The molecule has 0 saturated carbocycles. The second-order valence-electron chi connectivity index (χ2n) is 6.44. The van der Waals surface area contributed by atoms with Crippen LogP contribution in [-0.4, -0.2) is 12.1 Å². The van der Waals surface area contributed by atoms with Gasteiger partial charge >= 0.3 is 0 Å². The number of ether oxygens (including phenoxy) is 1. The maximum atomic E-state index is 5.34. The summed E-state index contributed by atoms with van der Waals surface area (Å²) >= 11 is 0. The number of methoxy groups -OCH3 is 1. The number of fused-ring (bicyclic) bond motifs is 5. The number of para-hydroxylation sites is 1. The Labute approximate surface area is 130 Å². The van der Waals surface area contributed by atoms with Gasteiger partial charge < -0.3 is 4.74 Å². The summed E-state index contributed by atoms with van der Waals surface area (Å²) in [6.45, 7) is 4.53. The van der Waals surface area contributed by atoms with Crippen molar-refractivity contribution in [2.45, 2.75) is 19.3 Å². The quantitative estimate of drug-likeness (QED) is 0.642. The molecule has 22 heavy (non-hydrogen) atoms. The Hall–Kier alpha value is -2.42. The van der Waals surface area contributed by atoms with Crippen LogP contribution in [0.4, 0.5) is 0 Å². The van der Waals surface area contributed by atoms with Crippen molar-refractivity contribution in [3.63, 3.8) is 0 Å². The fourth-order valence-corrected chi connectivity index (χ4v) is 3.63. The van der Waals surface area contributed by atoms with Crippen LogP contribution < -0.4 is 9.30 Å². The minimum atomic E-state index is -0.0499. The summed E-state index contributed by atoms with van der Waals surface area (Å²) in [7, 11) is 3.78. The van der Waals surface area contributed by atoms with Crippen LogP contribution in [0.5, 0.6) is 5.88 Å². The smallest absolute Gasteiger partial charge is 0.213 e. The molecule has 2 heterocycles. The third-order valence-corrected chi connectivity index (χ3v) is 4.85. The van der Waals surface area contributed by atoms with E-state index in [0.717, 1.165) is 0 Å². The molecule has 3 nitrogen and oxygen atoms in total. The number of pyridine rings is 2. The van der Waals surface area contributed by atoms with Crippen LogP contribution >= 0.6 is 0 Å². The first-order valence-electron chi connectivity index (χ1n) is 7.51. The molecule has 0 N–H and O–H groups in total. The monoisotopic (exact) mass is 291 g/mol. The molecule has 0 unspecified atom stereocenters. The molecular weight excluding hydrogens is 272 g/mol. The van der Waals surface area contributed by atoms with E-state index in [2.05, 4.69) is 67.0 Å². The van der Waals surface area contributed by atoms with Gasteiger partial charge in [0.25, 0.3) is 0 Å². The zero-order valence-electron chi connectivity index (χ0n) is 13.3. The number of benzene rings is 1. The fraction of sp³-hybridized carbons (Fsp3) is 0.263. The summed E-state index contributed by atoms with van der Waals surface area (Å²) in [5, 5.41) is 1.28. The molecule has 2 aromatic heterocycles. The first-order valence-corrected chi connectivity index (χ1v) is 7.51. The molecule has 0 fully saturated rings. The van der Waals surface area contributed by atoms with Crippen molar-refractivity contribution >= 4 is 10.9 Å². The molecule has 4 rings (SSSR count). The lowest BCUT2D eigenvalue weighted by molar-refractivity contribution is -0.645. The lowest BCUT2D eigenvalue weighted by Crippen LogP contribution is -2.31. The van der Waals surface area contributed by atoms with Gasteiger partial charge in [0.2, 0.25) is 11.4 Å². The highest BCUT2D eigenvalue weighted by Crippen LogP contribution is 2.50. The van der Waals surface area contributed by atoms with Gasteiger partial charge in [-0.15, -0.1) is 0 Å². The molecule has 0 atom stereocenters. The zero-order valence-corrected chi connectivity index (χ0v) is 13.3. The number of aryl methyl sites for hydroxylation is 1. The Bertz CT molecular complexity index is 913. The number of hydrogen-bond acceptors (Lipinski definition) is 2. The van der Waals surface area contributed by atoms with E-state index in [1.165, 1.54) is 33.2 Å². The topological polar surface area (TPSA) is 26.0 Å². The van der Waals surface area contributed by atoms with Crippen LogP contribution in [0, 0.1) is 0 Å². The molecule has 0 amide bonds. The minimum Gasteiger partial charge on any atom is -0.481 e. The molecule has 1 aromatic carbocycles. The van der Waals surface area contributed by atoms with Crippen LogP contribution in [0.25, 0.3) is 22.0 Å². The number of nitrogens with zero attached hydrogens (tertiary/aromatic N) is 2. The summed E-state index contributed by atoms with van der Waals surface area (Å²) in [6, 6.07) is 10.6. The second kappa shape index (κ2) is 4.29. The molecule has 0 saturated heterocycles. The van der Waals surface area contributed by atoms with E-state index in [0.29, 0.717) is 5.88 Å². The van der Waals surface area contributed by atoms with Crippen molar-refractivity contribution < 1.29 is 9.30 Å². The van der Waals surface area contributed by atoms with Crippen LogP contribution in [0.15, 0.2) is 42.7 Å². The summed E-state index contributed by atoms with van der Waals surface area (Å²) in [6.07, 6.45) is 4.22.